The second kappa shape index (κ2) is 6.41. The van der Waals surface area contributed by atoms with Gasteiger partial charge in [-0.2, -0.15) is 5.26 Å². The molecule has 106 valence electrons. The third kappa shape index (κ3) is 3.37. The van der Waals surface area contributed by atoms with Crippen molar-refractivity contribution in [2.45, 2.75) is 45.6 Å². The highest BCUT2D eigenvalue weighted by Gasteiger charge is 2.46. The number of carboxylic acids is 1. The third-order valence-electron chi connectivity index (χ3n) is 3.91. The lowest BCUT2D eigenvalue weighted by atomic mass is 9.85. The fourth-order valence-corrected chi connectivity index (χ4v) is 2.48. The van der Waals surface area contributed by atoms with Crippen molar-refractivity contribution in [1.29, 1.82) is 5.26 Å². The summed E-state index contributed by atoms with van der Waals surface area (Å²) in [5.41, 5.74) is -0.885. The number of amides is 2. The molecule has 0 saturated heterocycles. The van der Waals surface area contributed by atoms with Gasteiger partial charge in [0.15, 0.2) is 0 Å². The summed E-state index contributed by atoms with van der Waals surface area (Å²) in [4.78, 5) is 24.9. The zero-order valence-corrected chi connectivity index (χ0v) is 11.5. The van der Waals surface area contributed by atoms with E-state index in [1.165, 1.54) is 4.90 Å². The summed E-state index contributed by atoms with van der Waals surface area (Å²) in [6, 6.07) is 1.38. The zero-order chi connectivity index (χ0) is 14.5. The lowest BCUT2D eigenvalue weighted by Crippen LogP contribution is -2.51. The fourth-order valence-electron chi connectivity index (χ4n) is 2.48. The average Bonchev–Trinajstić information content (AvgIpc) is 2.73. The molecule has 0 aliphatic heterocycles. The van der Waals surface area contributed by atoms with Gasteiger partial charge in [-0.1, -0.05) is 6.42 Å². The van der Waals surface area contributed by atoms with E-state index in [0.717, 1.165) is 6.42 Å². The van der Waals surface area contributed by atoms with Crippen LogP contribution in [-0.2, 0) is 4.79 Å². The average molecular weight is 267 g/mol. The van der Waals surface area contributed by atoms with Gasteiger partial charge in [-0.3, -0.25) is 4.79 Å². The molecule has 19 heavy (non-hydrogen) atoms. The van der Waals surface area contributed by atoms with E-state index >= 15 is 0 Å². The molecule has 6 nitrogen and oxygen atoms in total. The first kappa shape index (κ1) is 15.3. The molecule has 0 aromatic rings. The van der Waals surface area contributed by atoms with Crippen molar-refractivity contribution in [3.8, 4) is 6.07 Å². The molecule has 1 saturated carbocycles. The van der Waals surface area contributed by atoms with Gasteiger partial charge < -0.3 is 15.3 Å². The minimum atomic E-state index is -0.885. The Morgan fingerprint density at radius 1 is 1.58 bits per heavy atom. The Bertz CT molecular complexity index is 391. The summed E-state index contributed by atoms with van der Waals surface area (Å²) in [7, 11) is 0. The van der Waals surface area contributed by atoms with Crippen molar-refractivity contribution in [3.05, 3.63) is 0 Å². The summed E-state index contributed by atoms with van der Waals surface area (Å²) in [6.07, 6.45) is 2.35. The summed E-state index contributed by atoms with van der Waals surface area (Å²) in [5, 5.41) is 20.6. The molecule has 6 heteroatoms. The molecule has 1 rings (SSSR count). The number of carbonyl (C=O) groups is 2. The molecular weight excluding hydrogens is 246 g/mol. The number of rotatable bonds is 5. The number of nitrogens with one attached hydrogen (secondary N) is 1. The molecule has 0 bridgehead atoms. The SMILES string of the molecule is CCN(CCC#N)C(=O)NC1CCCC1(C)C(=O)O. The van der Waals surface area contributed by atoms with Crippen molar-refractivity contribution >= 4 is 12.0 Å². The maximum atomic E-state index is 12.1. The molecule has 1 aliphatic rings. The number of urea groups is 1. The number of aliphatic carboxylic acids is 1. The number of hydrogen-bond donors (Lipinski definition) is 2. The third-order valence-corrected chi connectivity index (χ3v) is 3.91. The van der Waals surface area contributed by atoms with Gasteiger partial charge in [-0.05, 0) is 26.7 Å². The van der Waals surface area contributed by atoms with E-state index in [2.05, 4.69) is 5.32 Å². The van der Waals surface area contributed by atoms with Crippen LogP contribution in [0.5, 0.6) is 0 Å². The topological polar surface area (TPSA) is 93.4 Å². The Kier molecular flexibility index (Phi) is 5.16. The highest BCUT2D eigenvalue weighted by Crippen LogP contribution is 2.38. The van der Waals surface area contributed by atoms with Crippen molar-refractivity contribution in [2.75, 3.05) is 13.1 Å². The van der Waals surface area contributed by atoms with Crippen LogP contribution in [-0.4, -0.2) is 41.1 Å². The van der Waals surface area contributed by atoms with E-state index in [1.54, 1.807) is 6.92 Å². The van der Waals surface area contributed by atoms with Gasteiger partial charge >= 0.3 is 12.0 Å². The predicted octanol–water partition coefficient (Wildman–Crippen LogP) is 1.57. The molecule has 0 spiro atoms. The van der Waals surface area contributed by atoms with Crippen LogP contribution in [0.1, 0.15) is 39.5 Å². The van der Waals surface area contributed by atoms with Crippen molar-refractivity contribution < 1.29 is 14.7 Å². The Morgan fingerprint density at radius 3 is 2.79 bits per heavy atom. The second-order valence-electron chi connectivity index (χ2n) is 5.10. The van der Waals surface area contributed by atoms with Crippen LogP contribution in [0.2, 0.25) is 0 Å². The van der Waals surface area contributed by atoms with Crippen LogP contribution in [0.25, 0.3) is 0 Å². The summed E-state index contributed by atoms with van der Waals surface area (Å²) >= 11 is 0. The van der Waals surface area contributed by atoms with Crippen molar-refractivity contribution in [2.24, 2.45) is 5.41 Å². The Morgan fingerprint density at radius 2 is 2.26 bits per heavy atom. The minimum absolute atomic E-state index is 0.280. The second-order valence-corrected chi connectivity index (χ2v) is 5.10. The molecule has 0 aromatic heterocycles. The van der Waals surface area contributed by atoms with Gasteiger partial charge in [0.2, 0.25) is 0 Å². The molecule has 1 fully saturated rings. The van der Waals surface area contributed by atoms with Crippen LogP contribution >= 0.6 is 0 Å². The molecule has 0 radical (unpaired) electrons. The van der Waals surface area contributed by atoms with Gasteiger partial charge in [0.05, 0.1) is 17.9 Å². The lowest BCUT2D eigenvalue weighted by Gasteiger charge is -2.30. The molecule has 2 atom stereocenters. The van der Waals surface area contributed by atoms with E-state index in [1.807, 2.05) is 13.0 Å². The quantitative estimate of drug-likeness (QED) is 0.790. The van der Waals surface area contributed by atoms with Crippen molar-refractivity contribution in [1.82, 2.24) is 10.2 Å². The standard InChI is InChI=1S/C13H21N3O3/c1-3-16(9-5-8-14)12(19)15-10-6-4-7-13(10,2)11(17)18/h10H,3-7,9H2,1-2H3,(H,15,19)(H,17,18). The van der Waals surface area contributed by atoms with Gasteiger partial charge in [-0.15, -0.1) is 0 Å². The van der Waals surface area contributed by atoms with Crippen molar-refractivity contribution in [3.63, 3.8) is 0 Å². The molecule has 2 amide bonds. The largest absolute Gasteiger partial charge is 0.481 e. The highest BCUT2D eigenvalue weighted by atomic mass is 16.4. The molecule has 2 unspecified atom stereocenters. The first-order valence-electron chi connectivity index (χ1n) is 6.61. The number of hydrogen-bond acceptors (Lipinski definition) is 3. The number of carboxylic acid groups (broad SMARTS) is 1. The van der Waals surface area contributed by atoms with Crippen LogP contribution in [0.3, 0.4) is 0 Å². The van der Waals surface area contributed by atoms with E-state index in [9.17, 15) is 14.7 Å². The Hall–Kier alpha value is -1.77. The maximum Gasteiger partial charge on any atom is 0.317 e. The van der Waals surface area contributed by atoms with E-state index in [4.69, 9.17) is 5.26 Å². The lowest BCUT2D eigenvalue weighted by molar-refractivity contribution is -0.148. The van der Waals surface area contributed by atoms with E-state index < -0.39 is 11.4 Å². The maximum absolute atomic E-state index is 12.1. The van der Waals surface area contributed by atoms with Gasteiger partial charge in [0.25, 0.3) is 0 Å². The zero-order valence-electron chi connectivity index (χ0n) is 11.5. The van der Waals surface area contributed by atoms with Gasteiger partial charge in [0.1, 0.15) is 0 Å². The predicted molar refractivity (Wildman–Crippen MR) is 69.4 cm³/mol. The monoisotopic (exact) mass is 267 g/mol. The van der Waals surface area contributed by atoms with Crippen LogP contribution in [0.4, 0.5) is 4.79 Å². The normalized spacial score (nSPS) is 25.6. The Balaban J connectivity index is 2.65. The number of carbonyl (C=O) groups excluding carboxylic acids is 1. The first-order chi connectivity index (χ1) is 8.95. The van der Waals surface area contributed by atoms with E-state index in [0.29, 0.717) is 25.9 Å². The molecular formula is C13H21N3O3. The summed E-state index contributed by atoms with van der Waals surface area (Å²) in [5.74, 6) is -0.865. The van der Waals surface area contributed by atoms with Crippen LogP contribution in [0.15, 0.2) is 0 Å². The fraction of sp³-hybridized carbons (Fsp3) is 0.769. The Labute approximate surface area is 113 Å². The van der Waals surface area contributed by atoms with Crippen LogP contribution in [0, 0.1) is 16.7 Å². The molecule has 1 aliphatic carbocycles. The summed E-state index contributed by atoms with van der Waals surface area (Å²) in [6.45, 7) is 4.39. The summed E-state index contributed by atoms with van der Waals surface area (Å²) < 4.78 is 0. The highest BCUT2D eigenvalue weighted by molar-refractivity contribution is 5.79. The number of nitriles is 1. The van der Waals surface area contributed by atoms with Crippen LogP contribution < -0.4 is 5.32 Å². The minimum Gasteiger partial charge on any atom is -0.481 e. The van der Waals surface area contributed by atoms with Gasteiger partial charge in [-0.25, -0.2) is 4.79 Å². The smallest absolute Gasteiger partial charge is 0.317 e. The molecule has 0 heterocycles. The van der Waals surface area contributed by atoms with Gasteiger partial charge in [0, 0.05) is 19.1 Å². The molecule has 2 N–H and O–H groups in total. The molecule has 0 aromatic carbocycles. The van der Waals surface area contributed by atoms with E-state index in [-0.39, 0.29) is 18.5 Å². The first-order valence-corrected chi connectivity index (χ1v) is 6.61. The number of nitrogens with zero attached hydrogens (tertiary/aromatic N) is 2.